The Morgan fingerprint density at radius 2 is 2.31 bits per heavy atom. The molecule has 16 heavy (non-hydrogen) atoms. The molecule has 2 heterocycles. The van der Waals surface area contributed by atoms with E-state index in [-0.39, 0.29) is 23.9 Å². The summed E-state index contributed by atoms with van der Waals surface area (Å²) in [5.41, 5.74) is 5.48. The van der Waals surface area contributed by atoms with E-state index in [0.29, 0.717) is 25.6 Å². The molecular formula is C8H12ClN5O2. The summed E-state index contributed by atoms with van der Waals surface area (Å²) in [6.45, 7) is 1.62. The number of rotatable bonds is 2. The van der Waals surface area contributed by atoms with Crippen LogP contribution >= 0.6 is 11.6 Å². The number of anilines is 2. The molecule has 7 nitrogen and oxygen atoms in total. The molecule has 0 aliphatic carbocycles. The van der Waals surface area contributed by atoms with Gasteiger partial charge in [-0.1, -0.05) is 0 Å². The van der Waals surface area contributed by atoms with Crippen molar-refractivity contribution in [3.63, 3.8) is 0 Å². The molecule has 0 radical (unpaired) electrons. The van der Waals surface area contributed by atoms with Crippen molar-refractivity contribution in [1.29, 1.82) is 0 Å². The average molecular weight is 246 g/mol. The summed E-state index contributed by atoms with van der Waals surface area (Å²) in [6, 6.07) is 0. The minimum absolute atomic E-state index is 0.0369. The fourth-order valence-corrected chi connectivity index (χ4v) is 1.67. The summed E-state index contributed by atoms with van der Waals surface area (Å²) in [4.78, 5) is 13.5. The monoisotopic (exact) mass is 245 g/mol. The van der Waals surface area contributed by atoms with Gasteiger partial charge < -0.3 is 20.5 Å². The van der Waals surface area contributed by atoms with Crippen molar-refractivity contribution in [2.75, 3.05) is 36.9 Å². The number of nitrogens with zero attached hydrogens (tertiary/aromatic N) is 4. The number of hydrogen-bond acceptors (Lipinski definition) is 7. The Labute approximate surface area is 97.2 Å². The van der Waals surface area contributed by atoms with Crippen molar-refractivity contribution in [2.24, 2.45) is 0 Å². The first-order valence-electron chi connectivity index (χ1n) is 4.83. The van der Waals surface area contributed by atoms with Gasteiger partial charge in [-0.25, -0.2) is 0 Å². The van der Waals surface area contributed by atoms with Crippen LogP contribution in [0.5, 0.6) is 0 Å². The summed E-state index contributed by atoms with van der Waals surface area (Å²) in [5.74, 6) is 0.501. The maximum absolute atomic E-state index is 9.01. The molecule has 88 valence electrons. The van der Waals surface area contributed by atoms with Gasteiger partial charge in [-0.05, 0) is 11.6 Å². The van der Waals surface area contributed by atoms with E-state index < -0.39 is 0 Å². The first-order valence-corrected chi connectivity index (χ1v) is 5.21. The van der Waals surface area contributed by atoms with E-state index in [1.165, 1.54) is 0 Å². The van der Waals surface area contributed by atoms with Gasteiger partial charge in [0.15, 0.2) is 0 Å². The van der Waals surface area contributed by atoms with E-state index in [1.807, 2.05) is 4.90 Å². The highest BCUT2D eigenvalue weighted by molar-refractivity contribution is 6.28. The van der Waals surface area contributed by atoms with Gasteiger partial charge in [0.25, 0.3) is 0 Å². The average Bonchev–Trinajstić information content (AvgIpc) is 2.28. The highest BCUT2D eigenvalue weighted by atomic mass is 35.5. The zero-order valence-electron chi connectivity index (χ0n) is 8.51. The molecule has 1 aliphatic rings. The number of aliphatic hydroxyl groups excluding tert-OH is 1. The van der Waals surface area contributed by atoms with E-state index in [9.17, 15) is 0 Å². The lowest BCUT2D eigenvalue weighted by Crippen LogP contribution is -2.44. The largest absolute Gasteiger partial charge is 0.394 e. The third kappa shape index (κ3) is 2.49. The zero-order chi connectivity index (χ0) is 11.5. The SMILES string of the molecule is Nc1nc(Cl)nc(N2CCOC(CO)C2)n1. The number of aliphatic hydroxyl groups is 1. The topological polar surface area (TPSA) is 97.4 Å². The number of nitrogen functional groups attached to an aromatic ring is 1. The fourth-order valence-electron chi connectivity index (χ4n) is 1.51. The van der Waals surface area contributed by atoms with Crippen LogP contribution < -0.4 is 10.6 Å². The van der Waals surface area contributed by atoms with Crippen LogP contribution in [0.1, 0.15) is 0 Å². The second-order valence-corrected chi connectivity index (χ2v) is 3.72. The maximum atomic E-state index is 9.01. The van der Waals surface area contributed by atoms with Crippen LogP contribution in [0.25, 0.3) is 0 Å². The summed E-state index contributed by atoms with van der Waals surface area (Å²) in [5, 5.41) is 9.07. The molecule has 0 bridgehead atoms. The normalized spacial score (nSPS) is 21.1. The van der Waals surface area contributed by atoms with E-state index in [0.717, 1.165) is 0 Å². The smallest absolute Gasteiger partial charge is 0.231 e. The maximum Gasteiger partial charge on any atom is 0.231 e. The second kappa shape index (κ2) is 4.77. The quantitative estimate of drug-likeness (QED) is 0.711. The Morgan fingerprint density at radius 3 is 3.00 bits per heavy atom. The molecule has 1 atom stereocenters. The number of hydrogen-bond donors (Lipinski definition) is 2. The molecule has 1 aromatic rings. The summed E-state index contributed by atoms with van der Waals surface area (Å²) >= 11 is 5.69. The van der Waals surface area contributed by atoms with Gasteiger partial charge in [0.2, 0.25) is 17.2 Å². The van der Waals surface area contributed by atoms with E-state index >= 15 is 0 Å². The van der Waals surface area contributed by atoms with Gasteiger partial charge in [0.05, 0.1) is 19.3 Å². The van der Waals surface area contributed by atoms with Gasteiger partial charge >= 0.3 is 0 Å². The molecule has 1 fully saturated rings. The van der Waals surface area contributed by atoms with Crippen molar-refractivity contribution < 1.29 is 9.84 Å². The van der Waals surface area contributed by atoms with E-state index in [1.54, 1.807) is 0 Å². The van der Waals surface area contributed by atoms with Gasteiger partial charge in [-0.3, -0.25) is 0 Å². The van der Waals surface area contributed by atoms with Crippen LogP contribution in [0.4, 0.5) is 11.9 Å². The summed E-state index contributed by atoms with van der Waals surface area (Å²) < 4.78 is 5.31. The molecule has 0 saturated carbocycles. The first kappa shape index (κ1) is 11.3. The van der Waals surface area contributed by atoms with E-state index in [2.05, 4.69) is 15.0 Å². The van der Waals surface area contributed by atoms with Crippen molar-refractivity contribution in [2.45, 2.75) is 6.10 Å². The van der Waals surface area contributed by atoms with Gasteiger partial charge in [-0.15, -0.1) is 0 Å². The fraction of sp³-hybridized carbons (Fsp3) is 0.625. The molecule has 1 unspecified atom stereocenters. The molecule has 1 saturated heterocycles. The highest BCUT2D eigenvalue weighted by Gasteiger charge is 2.22. The Hall–Kier alpha value is -1.18. The standard InChI is InChI=1S/C8H12ClN5O2/c9-6-11-7(10)13-8(12-6)14-1-2-16-5(3-14)4-15/h5,15H,1-4H2,(H2,10,11,12,13). The number of morpholine rings is 1. The van der Waals surface area contributed by atoms with Crippen LogP contribution in [0.3, 0.4) is 0 Å². The van der Waals surface area contributed by atoms with Crippen molar-refractivity contribution >= 4 is 23.5 Å². The summed E-state index contributed by atoms with van der Waals surface area (Å²) in [6.07, 6.45) is -0.231. The molecule has 0 spiro atoms. The minimum Gasteiger partial charge on any atom is -0.394 e. The van der Waals surface area contributed by atoms with Crippen molar-refractivity contribution in [3.8, 4) is 0 Å². The lowest BCUT2D eigenvalue weighted by Gasteiger charge is -2.31. The molecular weight excluding hydrogens is 234 g/mol. The van der Waals surface area contributed by atoms with E-state index in [4.69, 9.17) is 27.2 Å². The highest BCUT2D eigenvalue weighted by Crippen LogP contribution is 2.15. The lowest BCUT2D eigenvalue weighted by molar-refractivity contribution is 0.00314. The Bertz CT molecular complexity index is 357. The van der Waals surface area contributed by atoms with Crippen LogP contribution in [0, 0.1) is 0 Å². The Morgan fingerprint density at radius 1 is 1.50 bits per heavy atom. The van der Waals surface area contributed by atoms with Gasteiger partial charge in [0, 0.05) is 13.1 Å². The van der Waals surface area contributed by atoms with Crippen LogP contribution in [0.15, 0.2) is 0 Å². The first-order chi connectivity index (χ1) is 7.69. The Balaban J connectivity index is 2.16. The van der Waals surface area contributed by atoms with Gasteiger partial charge in [-0.2, -0.15) is 15.0 Å². The number of ether oxygens (including phenoxy) is 1. The minimum atomic E-state index is -0.231. The molecule has 1 aromatic heterocycles. The second-order valence-electron chi connectivity index (χ2n) is 3.38. The van der Waals surface area contributed by atoms with Crippen LogP contribution in [0.2, 0.25) is 5.28 Å². The van der Waals surface area contributed by atoms with Gasteiger partial charge in [0.1, 0.15) is 0 Å². The molecule has 8 heteroatoms. The van der Waals surface area contributed by atoms with Crippen molar-refractivity contribution in [3.05, 3.63) is 5.28 Å². The lowest BCUT2D eigenvalue weighted by atomic mass is 10.3. The number of nitrogens with two attached hydrogens (primary N) is 1. The predicted molar refractivity (Wildman–Crippen MR) is 58.3 cm³/mol. The zero-order valence-corrected chi connectivity index (χ0v) is 9.26. The molecule has 0 amide bonds. The van der Waals surface area contributed by atoms with Crippen LogP contribution in [-0.2, 0) is 4.74 Å². The predicted octanol–water partition coefficient (Wildman–Crippen LogP) is -0.695. The third-order valence-corrected chi connectivity index (χ3v) is 2.41. The third-order valence-electron chi connectivity index (χ3n) is 2.24. The van der Waals surface area contributed by atoms with Crippen molar-refractivity contribution in [1.82, 2.24) is 15.0 Å². The summed E-state index contributed by atoms with van der Waals surface area (Å²) in [7, 11) is 0. The number of halogens is 1. The van der Waals surface area contributed by atoms with Crippen LogP contribution in [-0.4, -0.2) is 52.5 Å². The Kier molecular flexibility index (Phi) is 3.37. The molecule has 0 aromatic carbocycles. The molecule has 3 N–H and O–H groups in total. The number of aromatic nitrogens is 3. The molecule has 2 rings (SSSR count). The molecule has 1 aliphatic heterocycles.